The molecule has 0 fully saturated rings. The molecule has 0 radical (unpaired) electrons. The minimum Gasteiger partial charge on any atom is -0.478 e. The van der Waals surface area contributed by atoms with E-state index in [0.29, 0.717) is 29.1 Å². The summed E-state index contributed by atoms with van der Waals surface area (Å²) in [5.74, 6) is -1.47. The summed E-state index contributed by atoms with van der Waals surface area (Å²) in [4.78, 5) is 39.5. The van der Waals surface area contributed by atoms with Crippen LogP contribution in [0.5, 0.6) is 0 Å². The fourth-order valence-electron chi connectivity index (χ4n) is 3.94. The zero-order chi connectivity index (χ0) is 19.8. The molecule has 1 aliphatic carbocycles. The van der Waals surface area contributed by atoms with Crippen molar-refractivity contribution in [2.45, 2.75) is 32.6 Å². The Morgan fingerprint density at radius 1 is 1.21 bits per heavy atom. The van der Waals surface area contributed by atoms with Crippen molar-refractivity contribution in [3.05, 3.63) is 51.8 Å². The van der Waals surface area contributed by atoms with Crippen LogP contribution in [-0.2, 0) is 17.6 Å². The molecule has 0 saturated heterocycles. The molecule has 0 unspecified atom stereocenters. The van der Waals surface area contributed by atoms with E-state index in [4.69, 9.17) is 0 Å². The molecule has 1 aliphatic heterocycles. The SMILES string of the molecule is CCNC(=O)c1[nH]c(/C=C2\C(=O)Nc3ccc(C(=O)O)cc32)c2c1CCCC2. The van der Waals surface area contributed by atoms with Gasteiger partial charge in [0.25, 0.3) is 11.8 Å². The molecule has 0 atom stereocenters. The van der Waals surface area contributed by atoms with Crippen LogP contribution >= 0.6 is 0 Å². The summed E-state index contributed by atoms with van der Waals surface area (Å²) in [6.07, 6.45) is 5.46. The number of aromatic nitrogens is 1. The number of amides is 2. The molecule has 28 heavy (non-hydrogen) atoms. The summed E-state index contributed by atoms with van der Waals surface area (Å²) in [6.45, 7) is 2.41. The summed E-state index contributed by atoms with van der Waals surface area (Å²) in [5, 5.41) is 14.9. The molecule has 1 aromatic carbocycles. The largest absolute Gasteiger partial charge is 0.478 e. The summed E-state index contributed by atoms with van der Waals surface area (Å²) in [6, 6.07) is 4.57. The molecule has 7 heteroatoms. The molecule has 2 aliphatic rings. The summed E-state index contributed by atoms with van der Waals surface area (Å²) < 4.78 is 0. The van der Waals surface area contributed by atoms with E-state index < -0.39 is 5.97 Å². The van der Waals surface area contributed by atoms with Crippen LogP contribution in [0.25, 0.3) is 11.6 Å². The first-order valence-electron chi connectivity index (χ1n) is 9.42. The summed E-state index contributed by atoms with van der Waals surface area (Å²) >= 11 is 0. The van der Waals surface area contributed by atoms with Crippen molar-refractivity contribution in [1.29, 1.82) is 0 Å². The van der Waals surface area contributed by atoms with Gasteiger partial charge in [0, 0.05) is 23.5 Å². The van der Waals surface area contributed by atoms with E-state index in [9.17, 15) is 19.5 Å². The molecule has 2 heterocycles. The van der Waals surface area contributed by atoms with Gasteiger partial charge in [-0.15, -0.1) is 0 Å². The first-order chi connectivity index (χ1) is 13.5. The number of H-pyrrole nitrogens is 1. The number of benzene rings is 1. The Morgan fingerprint density at radius 2 is 1.96 bits per heavy atom. The van der Waals surface area contributed by atoms with E-state index in [1.165, 1.54) is 12.1 Å². The number of carbonyl (C=O) groups excluding carboxylic acids is 2. The monoisotopic (exact) mass is 379 g/mol. The number of anilines is 1. The lowest BCUT2D eigenvalue weighted by Gasteiger charge is -2.13. The van der Waals surface area contributed by atoms with Gasteiger partial charge >= 0.3 is 5.97 Å². The fourth-order valence-corrected chi connectivity index (χ4v) is 3.94. The molecule has 7 nitrogen and oxygen atoms in total. The highest BCUT2D eigenvalue weighted by molar-refractivity contribution is 6.35. The Morgan fingerprint density at radius 3 is 2.68 bits per heavy atom. The molecule has 0 saturated carbocycles. The van der Waals surface area contributed by atoms with Gasteiger partial charge in [-0.1, -0.05) is 0 Å². The third-order valence-corrected chi connectivity index (χ3v) is 5.26. The average molecular weight is 379 g/mol. The van der Waals surface area contributed by atoms with E-state index in [-0.39, 0.29) is 17.4 Å². The quantitative estimate of drug-likeness (QED) is 0.612. The van der Waals surface area contributed by atoms with Crippen molar-refractivity contribution in [3.8, 4) is 0 Å². The maximum atomic E-state index is 12.5. The second-order valence-corrected chi connectivity index (χ2v) is 7.01. The summed E-state index contributed by atoms with van der Waals surface area (Å²) in [7, 11) is 0. The first-order valence-corrected chi connectivity index (χ1v) is 9.42. The molecule has 4 N–H and O–H groups in total. The van der Waals surface area contributed by atoms with E-state index >= 15 is 0 Å². The number of hydrogen-bond acceptors (Lipinski definition) is 3. The van der Waals surface area contributed by atoms with Crippen LogP contribution in [0.1, 0.15) is 63.0 Å². The summed E-state index contributed by atoms with van der Waals surface area (Å²) in [5.41, 5.74) is 5.05. The molecule has 0 bridgehead atoms. The van der Waals surface area contributed by atoms with Gasteiger partial charge in [-0.2, -0.15) is 0 Å². The smallest absolute Gasteiger partial charge is 0.335 e. The normalized spacial score (nSPS) is 16.5. The molecule has 2 amide bonds. The highest BCUT2D eigenvalue weighted by atomic mass is 16.4. The number of carbonyl (C=O) groups is 3. The lowest BCUT2D eigenvalue weighted by molar-refractivity contribution is -0.110. The van der Waals surface area contributed by atoms with Gasteiger partial charge in [0.2, 0.25) is 0 Å². The predicted octanol–water partition coefficient (Wildman–Crippen LogP) is 2.83. The Hall–Kier alpha value is -3.35. The van der Waals surface area contributed by atoms with Crippen LogP contribution in [-0.4, -0.2) is 34.4 Å². The van der Waals surface area contributed by atoms with E-state index in [2.05, 4.69) is 15.6 Å². The van der Waals surface area contributed by atoms with Gasteiger partial charge in [-0.05, 0) is 68.0 Å². The molecule has 4 rings (SSSR count). The minimum absolute atomic E-state index is 0.123. The van der Waals surface area contributed by atoms with Gasteiger partial charge in [0.15, 0.2) is 0 Å². The van der Waals surface area contributed by atoms with E-state index in [1.54, 1.807) is 12.1 Å². The number of rotatable bonds is 4. The Kier molecular flexibility index (Phi) is 4.50. The lowest BCUT2D eigenvalue weighted by Crippen LogP contribution is -2.24. The Bertz CT molecular complexity index is 1030. The van der Waals surface area contributed by atoms with Gasteiger partial charge in [-0.3, -0.25) is 9.59 Å². The lowest BCUT2D eigenvalue weighted by atomic mass is 9.91. The van der Waals surface area contributed by atoms with Crippen molar-refractivity contribution in [1.82, 2.24) is 10.3 Å². The third kappa shape index (κ3) is 2.98. The highest BCUT2D eigenvalue weighted by Gasteiger charge is 2.28. The second kappa shape index (κ2) is 6.99. The van der Waals surface area contributed by atoms with E-state index in [0.717, 1.165) is 42.5 Å². The number of nitrogens with one attached hydrogen (secondary N) is 3. The standard InChI is InChI=1S/C21H21N3O4/c1-2-22-20(26)18-13-6-4-3-5-12(13)17(23-18)10-15-14-9-11(21(27)28)7-8-16(14)24-19(15)25/h7-10,23H,2-6H2,1H3,(H,22,26)(H,24,25)(H,27,28)/b15-10-. The molecular formula is C21H21N3O4. The number of carboxylic acid groups (broad SMARTS) is 1. The van der Waals surface area contributed by atoms with Crippen LogP contribution in [0.15, 0.2) is 18.2 Å². The van der Waals surface area contributed by atoms with Crippen LogP contribution in [0.3, 0.4) is 0 Å². The first kappa shape index (κ1) is 18.0. The number of hydrogen-bond donors (Lipinski definition) is 4. The van der Waals surface area contributed by atoms with Crippen molar-refractivity contribution in [2.75, 3.05) is 11.9 Å². The van der Waals surface area contributed by atoms with Crippen molar-refractivity contribution < 1.29 is 19.5 Å². The van der Waals surface area contributed by atoms with Crippen molar-refractivity contribution in [3.63, 3.8) is 0 Å². The second-order valence-electron chi connectivity index (χ2n) is 7.01. The molecule has 144 valence electrons. The van der Waals surface area contributed by atoms with Gasteiger partial charge in [-0.25, -0.2) is 4.79 Å². The van der Waals surface area contributed by atoms with Gasteiger partial charge in [0.05, 0.1) is 11.1 Å². The molecule has 2 aromatic rings. The minimum atomic E-state index is -1.04. The van der Waals surface area contributed by atoms with E-state index in [1.807, 2.05) is 6.92 Å². The average Bonchev–Trinajstić information content (AvgIpc) is 3.20. The Labute approximate surface area is 161 Å². The topological polar surface area (TPSA) is 111 Å². The molecule has 0 spiro atoms. The number of carboxylic acids is 1. The zero-order valence-corrected chi connectivity index (χ0v) is 15.5. The zero-order valence-electron chi connectivity index (χ0n) is 15.5. The van der Waals surface area contributed by atoms with Crippen LogP contribution in [0, 0.1) is 0 Å². The Balaban J connectivity index is 1.82. The number of aromatic amines is 1. The fraction of sp³-hybridized carbons (Fsp3) is 0.286. The molecule has 1 aromatic heterocycles. The van der Waals surface area contributed by atoms with Crippen LogP contribution in [0.4, 0.5) is 5.69 Å². The van der Waals surface area contributed by atoms with Gasteiger partial charge in [0.1, 0.15) is 5.69 Å². The number of aromatic carboxylic acids is 1. The maximum absolute atomic E-state index is 12.5. The predicted molar refractivity (Wildman–Crippen MR) is 105 cm³/mol. The van der Waals surface area contributed by atoms with Crippen molar-refractivity contribution >= 4 is 35.1 Å². The van der Waals surface area contributed by atoms with Crippen LogP contribution in [0.2, 0.25) is 0 Å². The highest BCUT2D eigenvalue weighted by Crippen LogP contribution is 2.36. The maximum Gasteiger partial charge on any atom is 0.335 e. The van der Waals surface area contributed by atoms with Crippen LogP contribution < -0.4 is 10.6 Å². The third-order valence-electron chi connectivity index (χ3n) is 5.26. The molecular weight excluding hydrogens is 358 g/mol. The number of fused-ring (bicyclic) bond motifs is 2. The van der Waals surface area contributed by atoms with Crippen molar-refractivity contribution in [2.24, 2.45) is 0 Å². The van der Waals surface area contributed by atoms with Gasteiger partial charge < -0.3 is 20.7 Å².